The Hall–Kier alpha value is -1.52. The maximum Gasteiger partial charge on any atom is 0.142 e. The lowest BCUT2D eigenvalue weighted by atomic mass is 10.1. The van der Waals surface area contributed by atoms with Gasteiger partial charge in [0.2, 0.25) is 0 Å². The second-order valence-corrected chi connectivity index (χ2v) is 5.09. The third-order valence-electron chi connectivity index (χ3n) is 3.48. The molecule has 0 radical (unpaired) electrons. The van der Waals surface area contributed by atoms with E-state index in [0.29, 0.717) is 11.1 Å². The molecular formula is C14H16ClN3O. The summed E-state index contributed by atoms with van der Waals surface area (Å²) in [4.78, 5) is 4.27. The predicted molar refractivity (Wildman–Crippen MR) is 75.1 cm³/mol. The average Bonchev–Trinajstić information content (AvgIpc) is 3.09. The molecule has 0 saturated carbocycles. The summed E-state index contributed by atoms with van der Waals surface area (Å²) in [7, 11) is 1.66. The number of ether oxygens (including phenoxy) is 1. The van der Waals surface area contributed by atoms with Crippen LogP contribution in [0.15, 0.2) is 30.7 Å². The van der Waals surface area contributed by atoms with E-state index >= 15 is 0 Å². The zero-order valence-corrected chi connectivity index (χ0v) is 11.5. The Kier molecular flexibility index (Phi) is 3.44. The SMILES string of the molecule is COc1ccc(Cl)cc1-n1cncc1[C@@H]1CCCN1. The lowest BCUT2D eigenvalue weighted by Gasteiger charge is -2.16. The van der Waals surface area contributed by atoms with Crippen molar-refractivity contribution in [1.29, 1.82) is 0 Å². The van der Waals surface area contributed by atoms with E-state index in [-0.39, 0.29) is 0 Å². The zero-order chi connectivity index (χ0) is 13.2. The van der Waals surface area contributed by atoms with Gasteiger partial charge in [0.15, 0.2) is 0 Å². The highest BCUT2D eigenvalue weighted by molar-refractivity contribution is 6.30. The van der Waals surface area contributed by atoms with Gasteiger partial charge in [-0.15, -0.1) is 0 Å². The Balaban J connectivity index is 2.07. The molecule has 2 heterocycles. The molecule has 1 atom stereocenters. The van der Waals surface area contributed by atoms with Crippen molar-refractivity contribution >= 4 is 11.6 Å². The Morgan fingerprint density at radius 2 is 2.37 bits per heavy atom. The second kappa shape index (κ2) is 5.23. The van der Waals surface area contributed by atoms with Crippen molar-refractivity contribution < 1.29 is 4.74 Å². The van der Waals surface area contributed by atoms with E-state index in [1.54, 1.807) is 7.11 Å². The fraction of sp³-hybridized carbons (Fsp3) is 0.357. The molecule has 1 N–H and O–H groups in total. The summed E-state index contributed by atoms with van der Waals surface area (Å²) in [6.45, 7) is 1.06. The molecule has 1 aromatic heterocycles. The summed E-state index contributed by atoms with van der Waals surface area (Å²) in [5.41, 5.74) is 2.08. The average molecular weight is 278 g/mol. The Morgan fingerprint density at radius 1 is 1.47 bits per heavy atom. The molecule has 1 fully saturated rings. The van der Waals surface area contributed by atoms with Crippen LogP contribution in [-0.4, -0.2) is 23.2 Å². The molecule has 0 unspecified atom stereocenters. The van der Waals surface area contributed by atoms with E-state index in [9.17, 15) is 0 Å². The van der Waals surface area contributed by atoms with Crippen LogP contribution in [-0.2, 0) is 0 Å². The molecule has 1 saturated heterocycles. The first-order valence-corrected chi connectivity index (χ1v) is 6.77. The predicted octanol–water partition coefficient (Wildman–Crippen LogP) is 2.96. The van der Waals surface area contributed by atoms with Gasteiger partial charge in [-0.25, -0.2) is 4.98 Å². The second-order valence-electron chi connectivity index (χ2n) is 4.65. The van der Waals surface area contributed by atoms with Gasteiger partial charge in [-0.3, -0.25) is 4.57 Å². The maximum absolute atomic E-state index is 6.10. The van der Waals surface area contributed by atoms with Crippen molar-refractivity contribution in [3.8, 4) is 11.4 Å². The molecule has 0 amide bonds. The molecule has 2 aromatic rings. The van der Waals surface area contributed by atoms with E-state index < -0.39 is 0 Å². The summed E-state index contributed by atoms with van der Waals surface area (Å²) in [5.74, 6) is 0.793. The minimum Gasteiger partial charge on any atom is -0.495 e. The van der Waals surface area contributed by atoms with Gasteiger partial charge in [0.25, 0.3) is 0 Å². The van der Waals surface area contributed by atoms with E-state index in [1.165, 1.54) is 6.42 Å². The number of methoxy groups -OCH3 is 1. The van der Waals surface area contributed by atoms with E-state index in [1.807, 2.05) is 35.3 Å². The number of halogens is 1. The van der Waals surface area contributed by atoms with Gasteiger partial charge in [-0.2, -0.15) is 0 Å². The zero-order valence-electron chi connectivity index (χ0n) is 10.8. The summed E-state index contributed by atoms with van der Waals surface area (Å²) < 4.78 is 7.46. The van der Waals surface area contributed by atoms with Crippen molar-refractivity contribution in [1.82, 2.24) is 14.9 Å². The molecule has 0 aliphatic carbocycles. The first-order chi connectivity index (χ1) is 9.29. The maximum atomic E-state index is 6.10. The molecule has 0 spiro atoms. The van der Waals surface area contributed by atoms with Crippen LogP contribution in [0.4, 0.5) is 0 Å². The molecule has 3 rings (SSSR count). The molecule has 0 bridgehead atoms. The van der Waals surface area contributed by atoms with Gasteiger partial charge in [0, 0.05) is 11.1 Å². The van der Waals surface area contributed by atoms with Crippen molar-refractivity contribution in [3.63, 3.8) is 0 Å². The number of nitrogens with zero attached hydrogens (tertiary/aromatic N) is 2. The van der Waals surface area contributed by atoms with Gasteiger partial charge in [-0.1, -0.05) is 11.6 Å². The number of aromatic nitrogens is 2. The summed E-state index contributed by atoms with van der Waals surface area (Å²) >= 11 is 6.10. The van der Waals surface area contributed by atoms with Crippen LogP contribution in [0.5, 0.6) is 5.75 Å². The third-order valence-corrected chi connectivity index (χ3v) is 3.72. The van der Waals surface area contributed by atoms with Crippen molar-refractivity contribution in [2.24, 2.45) is 0 Å². The molecule has 1 aliphatic heterocycles. The fourth-order valence-corrected chi connectivity index (χ4v) is 2.72. The van der Waals surface area contributed by atoms with Gasteiger partial charge >= 0.3 is 0 Å². The number of rotatable bonds is 3. The molecule has 1 aromatic carbocycles. The fourth-order valence-electron chi connectivity index (χ4n) is 2.55. The monoisotopic (exact) mass is 277 g/mol. The Labute approximate surface area is 117 Å². The van der Waals surface area contributed by atoms with Crippen molar-refractivity contribution in [2.75, 3.05) is 13.7 Å². The quantitative estimate of drug-likeness (QED) is 0.937. The number of benzene rings is 1. The first kappa shape index (κ1) is 12.5. The van der Waals surface area contributed by atoms with Crippen LogP contribution >= 0.6 is 11.6 Å². The smallest absolute Gasteiger partial charge is 0.142 e. The van der Waals surface area contributed by atoms with Crippen molar-refractivity contribution in [3.05, 3.63) is 41.4 Å². The molecule has 19 heavy (non-hydrogen) atoms. The highest BCUT2D eigenvalue weighted by Crippen LogP contribution is 2.31. The minimum absolute atomic E-state index is 0.353. The number of imidazole rings is 1. The van der Waals surface area contributed by atoms with Crippen LogP contribution in [0.25, 0.3) is 5.69 Å². The molecule has 4 nitrogen and oxygen atoms in total. The number of hydrogen-bond acceptors (Lipinski definition) is 3. The van der Waals surface area contributed by atoms with Crippen LogP contribution in [0.2, 0.25) is 5.02 Å². The normalized spacial score (nSPS) is 18.7. The first-order valence-electron chi connectivity index (χ1n) is 6.39. The lowest BCUT2D eigenvalue weighted by Crippen LogP contribution is -2.16. The van der Waals surface area contributed by atoms with Gasteiger partial charge in [0.05, 0.1) is 31.0 Å². The van der Waals surface area contributed by atoms with Crippen LogP contribution in [0, 0.1) is 0 Å². The van der Waals surface area contributed by atoms with Gasteiger partial charge < -0.3 is 10.1 Å². The number of nitrogens with one attached hydrogen (secondary N) is 1. The molecule has 100 valence electrons. The minimum atomic E-state index is 0.353. The third kappa shape index (κ3) is 2.33. The van der Waals surface area contributed by atoms with Crippen LogP contribution < -0.4 is 10.1 Å². The summed E-state index contributed by atoms with van der Waals surface area (Å²) in [6, 6.07) is 5.96. The Morgan fingerprint density at radius 3 is 3.11 bits per heavy atom. The van der Waals surface area contributed by atoms with Crippen molar-refractivity contribution in [2.45, 2.75) is 18.9 Å². The van der Waals surface area contributed by atoms with Gasteiger partial charge in [-0.05, 0) is 37.6 Å². The molecule has 1 aliphatic rings. The standard InChI is InChI=1S/C14H16ClN3O/c1-19-14-5-4-10(15)7-12(14)18-9-16-8-13(18)11-3-2-6-17-11/h4-5,7-9,11,17H,2-3,6H2,1H3/t11-/m0/s1. The molecule has 5 heteroatoms. The van der Waals surface area contributed by atoms with E-state index in [2.05, 4.69) is 10.3 Å². The van der Waals surface area contributed by atoms with Crippen LogP contribution in [0.3, 0.4) is 0 Å². The largest absolute Gasteiger partial charge is 0.495 e. The van der Waals surface area contributed by atoms with Gasteiger partial charge in [0.1, 0.15) is 5.75 Å². The highest BCUT2D eigenvalue weighted by Gasteiger charge is 2.21. The topological polar surface area (TPSA) is 39.1 Å². The van der Waals surface area contributed by atoms with E-state index in [4.69, 9.17) is 16.3 Å². The lowest BCUT2D eigenvalue weighted by molar-refractivity contribution is 0.412. The van der Waals surface area contributed by atoms with E-state index in [0.717, 1.165) is 30.1 Å². The summed E-state index contributed by atoms with van der Waals surface area (Å²) in [6.07, 6.45) is 6.05. The summed E-state index contributed by atoms with van der Waals surface area (Å²) in [5, 5.41) is 4.18. The molecular weight excluding hydrogens is 262 g/mol. The number of hydrogen-bond donors (Lipinski definition) is 1. The van der Waals surface area contributed by atoms with Crippen LogP contribution in [0.1, 0.15) is 24.6 Å². The highest BCUT2D eigenvalue weighted by atomic mass is 35.5. The Bertz CT molecular complexity index is 576.